The van der Waals surface area contributed by atoms with Crippen LogP contribution >= 0.6 is 0 Å². The third-order valence-corrected chi connectivity index (χ3v) is 7.00. The molecule has 178 valence electrons. The van der Waals surface area contributed by atoms with Gasteiger partial charge in [-0.2, -0.15) is 0 Å². The average molecular weight is 458 g/mol. The highest BCUT2D eigenvalue weighted by atomic mass is 16.5. The number of rotatable bonds is 7. The minimum absolute atomic E-state index is 0.670. The first-order valence-corrected chi connectivity index (χ1v) is 12.3. The standard InChI is InChI=1S/C28H35N5O/c1-32-13-15-33(16-14-32)25-7-3-22(4-8-25)27-17-24(30-20-21-11-12-29-19-21)18-28(31-27)23-5-9-26(34-2)10-6-23/h3-10,17-18,21,29H,11-16,19-20H2,1-2H3,(H,30,31). The summed E-state index contributed by atoms with van der Waals surface area (Å²) < 4.78 is 5.34. The number of methoxy groups -OCH3 is 1. The number of likely N-dealkylation sites (N-methyl/N-ethyl adjacent to an activating group) is 1. The van der Waals surface area contributed by atoms with Crippen molar-refractivity contribution in [1.29, 1.82) is 0 Å². The minimum Gasteiger partial charge on any atom is -0.497 e. The van der Waals surface area contributed by atoms with Crippen LogP contribution in [0.2, 0.25) is 0 Å². The van der Waals surface area contributed by atoms with Gasteiger partial charge >= 0.3 is 0 Å². The predicted octanol–water partition coefficient (Wildman–Crippen LogP) is 4.20. The summed E-state index contributed by atoms with van der Waals surface area (Å²) in [6, 6.07) is 21.4. The topological polar surface area (TPSA) is 52.7 Å². The van der Waals surface area contributed by atoms with Gasteiger partial charge in [0.25, 0.3) is 0 Å². The van der Waals surface area contributed by atoms with Gasteiger partial charge in [0, 0.05) is 55.2 Å². The minimum atomic E-state index is 0.670. The van der Waals surface area contributed by atoms with Gasteiger partial charge in [0.15, 0.2) is 0 Å². The Kier molecular flexibility index (Phi) is 6.97. The maximum absolute atomic E-state index is 5.34. The highest BCUT2D eigenvalue weighted by Gasteiger charge is 2.16. The Morgan fingerprint density at radius 3 is 2.18 bits per heavy atom. The van der Waals surface area contributed by atoms with Crippen LogP contribution in [0, 0.1) is 5.92 Å². The van der Waals surface area contributed by atoms with Gasteiger partial charge in [-0.05, 0) is 81.0 Å². The fourth-order valence-corrected chi connectivity index (χ4v) is 4.75. The van der Waals surface area contributed by atoms with E-state index in [1.165, 1.54) is 12.1 Å². The van der Waals surface area contributed by atoms with Crippen molar-refractivity contribution in [3.8, 4) is 28.3 Å². The Bertz CT molecular complexity index is 1070. The largest absolute Gasteiger partial charge is 0.497 e. The number of hydrogen-bond donors (Lipinski definition) is 2. The van der Waals surface area contributed by atoms with Crippen LogP contribution in [-0.2, 0) is 0 Å². The summed E-state index contributed by atoms with van der Waals surface area (Å²) in [4.78, 5) is 9.90. The molecule has 2 aromatic carbocycles. The van der Waals surface area contributed by atoms with Gasteiger partial charge in [-0.25, -0.2) is 4.98 Å². The van der Waals surface area contributed by atoms with E-state index in [1.807, 2.05) is 12.1 Å². The molecule has 3 aromatic rings. The second kappa shape index (κ2) is 10.5. The second-order valence-electron chi connectivity index (χ2n) is 9.43. The van der Waals surface area contributed by atoms with E-state index >= 15 is 0 Å². The van der Waals surface area contributed by atoms with E-state index in [4.69, 9.17) is 9.72 Å². The van der Waals surface area contributed by atoms with Gasteiger partial charge in [0.2, 0.25) is 0 Å². The van der Waals surface area contributed by atoms with Crippen LogP contribution in [0.1, 0.15) is 6.42 Å². The lowest BCUT2D eigenvalue weighted by atomic mass is 10.1. The molecular weight excluding hydrogens is 422 g/mol. The van der Waals surface area contributed by atoms with Crippen LogP contribution in [-0.4, -0.2) is 69.9 Å². The first-order chi connectivity index (χ1) is 16.7. The van der Waals surface area contributed by atoms with E-state index in [0.29, 0.717) is 5.92 Å². The molecule has 6 heteroatoms. The first-order valence-electron chi connectivity index (χ1n) is 12.3. The third-order valence-electron chi connectivity index (χ3n) is 7.00. The van der Waals surface area contributed by atoms with Crippen LogP contribution in [0.3, 0.4) is 0 Å². The lowest BCUT2D eigenvalue weighted by Crippen LogP contribution is -2.44. The Hall–Kier alpha value is -3.09. The van der Waals surface area contributed by atoms with Crippen LogP contribution in [0.25, 0.3) is 22.5 Å². The number of nitrogens with one attached hydrogen (secondary N) is 2. The zero-order chi connectivity index (χ0) is 23.3. The number of nitrogens with zero attached hydrogens (tertiary/aromatic N) is 3. The molecule has 2 N–H and O–H groups in total. The molecule has 0 spiro atoms. The van der Waals surface area contributed by atoms with Gasteiger partial charge in [-0.1, -0.05) is 12.1 Å². The molecule has 2 fully saturated rings. The van der Waals surface area contributed by atoms with Crippen molar-refractivity contribution in [3.05, 3.63) is 60.7 Å². The molecule has 1 aromatic heterocycles. The number of piperazine rings is 1. The van der Waals surface area contributed by atoms with Crippen molar-refractivity contribution in [1.82, 2.24) is 15.2 Å². The summed E-state index contributed by atoms with van der Waals surface area (Å²) in [5.41, 5.74) is 6.59. The second-order valence-corrected chi connectivity index (χ2v) is 9.43. The molecule has 3 heterocycles. The molecule has 0 radical (unpaired) electrons. The molecule has 2 aliphatic heterocycles. The summed E-state index contributed by atoms with van der Waals surface area (Å²) in [5, 5.41) is 7.14. The molecular formula is C28H35N5O. The number of aromatic nitrogens is 1. The summed E-state index contributed by atoms with van der Waals surface area (Å²) in [7, 11) is 3.89. The van der Waals surface area contributed by atoms with E-state index in [9.17, 15) is 0 Å². The summed E-state index contributed by atoms with van der Waals surface area (Å²) in [5.74, 6) is 1.52. The van der Waals surface area contributed by atoms with Gasteiger partial charge in [-0.15, -0.1) is 0 Å². The fraction of sp³-hybridized carbons (Fsp3) is 0.393. The van der Waals surface area contributed by atoms with Crippen molar-refractivity contribution in [2.24, 2.45) is 5.92 Å². The predicted molar refractivity (Wildman–Crippen MR) is 141 cm³/mol. The lowest BCUT2D eigenvalue weighted by Gasteiger charge is -2.34. The van der Waals surface area contributed by atoms with Crippen molar-refractivity contribution in [2.75, 3.05) is 70.2 Å². The highest BCUT2D eigenvalue weighted by Crippen LogP contribution is 2.30. The summed E-state index contributed by atoms with van der Waals surface area (Å²) >= 11 is 0. The molecule has 6 nitrogen and oxygen atoms in total. The van der Waals surface area contributed by atoms with E-state index in [1.54, 1.807) is 7.11 Å². The number of pyridine rings is 1. The van der Waals surface area contributed by atoms with E-state index in [-0.39, 0.29) is 0 Å². The zero-order valence-electron chi connectivity index (χ0n) is 20.3. The molecule has 0 amide bonds. The maximum atomic E-state index is 5.34. The smallest absolute Gasteiger partial charge is 0.118 e. The molecule has 0 bridgehead atoms. The molecule has 0 aliphatic carbocycles. The van der Waals surface area contributed by atoms with Gasteiger partial charge < -0.3 is 25.2 Å². The van der Waals surface area contributed by atoms with Crippen molar-refractivity contribution < 1.29 is 4.74 Å². The number of ether oxygens (including phenoxy) is 1. The first kappa shape index (κ1) is 22.7. The number of anilines is 2. The van der Waals surface area contributed by atoms with Crippen LogP contribution in [0.4, 0.5) is 11.4 Å². The highest BCUT2D eigenvalue weighted by molar-refractivity contribution is 5.73. The van der Waals surface area contributed by atoms with Crippen LogP contribution < -0.4 is 20.3 Å². The molecule has 2 aliphatic rings. The summed E-state index contributed by atoms with van der Waals surface area (Å²) in [6.45, 7) is 7.55. The molecule has 1 atom stereocenters. The van der Waals surface area contributed by atoms with Crippen molar-refractivity contribution >= 4 is 11.4 Å². The third kappa shape index (κ3) is 5.34. The van der Waals surface area contributed by atoms with Crippen LogP contribution in [0.5, 0.6) is 5.75 Å². The summed E-state index contributed by atoms with van der Waals surface area (Å²) in [6.07, 6.45) is 1.23. The van der Waals surface area contributed by atoms with Gasteiger partial charge in [0.05, 0.1) is 18.5 Å². The van der Waals surface area contributed by atoms with Crippen molar-refractivity contribution in [3.63, 3.8) is 0 Å². The Morgan fingerprint density at radius 1 is 0.941 bits per heavy atom. The number of hydrogen-bond acceptors (Lipinski definition) is 6. The normalized spacial score (nSPS) is 18.8. The molecule has 0 saturated carbocycles. The molecule has 1 unspecified atom stereocenters. The van der Waals surface area contributed by atoms with E-state index in [0.717, 1.165) is 79.8 Å². The maximum Gasteiger partial charge on any atom is 0.118 e. The van der Waals surface area contributed by atoms with E-state index in [2.05, 4.69) is 76.0 Å². The number of benzene rings is 2. The van der Waals surface area contributed by atoms with E-state index < -0.39 is 0 Å². The van der Waals surface area contributed by atoms with Crippen LogP contribution in [0.15, 0.2) is 60.7 Å². The lowest BCUT2D eigenvalue weighted by molar-refractivity contribution is 0.313. The Morgan fingerprint density at radius 2 is 1.59 bits per heavy atom. The SMILES string of the molecule is COc1ccc(-c2cc(NCC3CCNC3)cc(-c3ccc(N4CCN(C)CC4)cc3)n2)cc1. The van der Waals surface area contributed by atoms with Gasteiger partial charge in [0.1, 0.15) is 5.75 Å². The Balaban J connectivity index is 1.41. The Labute approximate surface area is 203 Å². The molecule has 34 heavy (non-hydrogen) atoms. The average Bonchev–Trinajstić information content (AvgIpc) is 3.42. The molecule has 2 saturated heterocycles. The van der Waals surface area contributed by atoms with Gasteiger partial charge in [-0.3, -0.25) is 0 Å². The monoisotopic (exact) mass is 457 g/mol. The molecule has 5 rings (SSSR count). The fourth-order valence-electron chi connectivity index (χ4n) is 4.75. The quantitative estimate of drug-likeness (QED) is 0.555. The zero-order valence-corrected chi connectivity index (χ0v) is 20.3. The van der Waals surface area contributed by atoms with Crippen molar-refractivity contribution in [2.45, 2.75) is 6.42 Å².